The third-order valence-electron chi connectivity index (χ3n) is 5.07. The zero-order valence-corrected chi connectivity index (χ0v) is 16.0. The van der Waals surface area contributed by atoms with E-state index in [2.05, 4.69) is 20.4 Å². The predicted molar refractivity (Wildman–Crippen MR) is 99.6 cm³/mol. The molecule has 0 aliphatic carbocycles. The molecule has 12 heteroatoms. The number of halogens is 2. The number of hydrogen-bond acceptors (Lipinski definition) is 10. The Morgan fingerprint density at radius 3 is 2.67 bits per heavy atom. The molecule has 0 saturated carbocycles. The van der Waals surface area contributed by atoms with Crippen LogP contribution in [-0.4, -0.2) is 65.1 Å². The fourth-order valence-electron chi connectivity index (χ4n) is 3.54. The topological polar surface area (TPSA) is 134 Å². The van der Waals surface area contributed by atoms with Crippen LogP contribution in [0.2, 0.25) is 0 Å². The van der Waals surface area contributed by atoms with Crippen LogP contribution in [0.3, 0.4) is 0 Å². The van der Waals surface area contributed by atoms with Crippen LogP contribution in [-0.2, 0) is 16.1 Å². The standard InChI is InChI=1S/C18H23F2N5O5/c1-8-12(26)13(27)16(29-8)25-7-22-11-14(25)23-18(21)24-15(11)28-6-9-2-4-10(5-3-9)30-17(19)20/h2-5,8,12-13,15-17,22,26-27H,6-7H2,1H3,(H3,21,23,24)/t8-,12-,13-,15?,16-/m1/s1. The number of aliphatic imine (C=N–C) groups is 1. The molecule has 3 heterocycles. The minimum atomic E-state index is -2.88. The lowest BCUT2D eigenvalue weighted by molar-refractivity contribution is -0.0704. The molecule has 30 heavy (non-hydrogen) atoms. The molecule has 5 atom stereocenters. The van der Waals surface area contributed by atoms with Gasteiger partial charge in [0.15, 0.2) is 18.4 Å². The van der Waals surface area contributed by atoms with E-state index >= 15 is 0 Å². The molecule has 0 aromatic heterocycles. The quantitative estimate of drug-likeness (QED) is 0.409. The molecule has 1 saturated heterocycles. The number of nitrogens with one attached hydrogen (secondary N) is 2. The van der Waals surface area contributed by atoms with Gasteiger partial charge in [-0.2, -0.15) is 8.78 Å². The molecular weight excluding hydrogens is 404 g/mol. The Bertz CT molecular complexity index is 837. The zero-order chi connectivity index (χ0) is 21.4. The smallest absolute Gasteiger partial charge is 0.387 e. The second-order valence-electron chi connectivity index (χ2n) is 7.11. The molecule has 10 nitrogen and oxygen atoms in total. The fourth-order valence-corrected chi connectivity index (χ4v) is 3.54. The lowest BCUT2D eigenvalue weighted by atomic mass is 10.1. The first-order chi connectivity index (χ1) is 14.3. The van der Waals surface area contributed by atoms with Crippen molar-refractivity contribution in [2.45, 2.75) is 50.9 Å². The first kappa shape index (κ1) is 20.6. The summed E-state index contributed by atoms with van der Waals surface area (Å²) in [5.41, 5.74) is 7.23. The van der Waals surface area contributed by atoms with Gasteiger partial charge in [0, 0.05) is 0 Å². The van der Waals surface area contributed by atoms with Crippen LogP contribution in [0.25, 0.3) is 0 Å². The third kappa shape index (κ3) is 3.99. The van der Waals surface area contributed by atoms with Crippen LogP contribution in [0, 0.1) is 0 Å². The molecule has 1 fully saturated rings. The number of nitrogens with two attached hydrogens (primary N) is 1. The predicted octanol–water partition coefficient (Wildman–Crippen LogP) is -0.453. The van der Waals surface area contributed by atoms with Gasteiger partial charge in [0.1, 0.15) is 29.5 Å². The van der Waals surface area contributed by atoms with Crippen molar-refractivity contribution in [2.75, 3.05) is 6.67 Å². The van der Waals surface area contributed by atoms with Crippen LogP contribution in [0.15, 0.2) is 40.8 Å². The van der Waals surface area contributed by atoms with Crippen molar-refractivity contribution in [3.05, 3.63) is 41.3 Å². The summed E-state index contributed by atoms with van der Waals surface area (Å²) >= 11 is 0. The zero-order valence-electron chi connectivity index (χ0n) is 16.0. The van der Waals surface area contributed by atoms with Gasteiger partial charge in [-0.15, -0.1) is 0 Å². The number of hydrogen-bond donors (Lipinski definition) is 5. The van der Waals surface area contributed by atoms with E-state index < -0.39 is 37.4 Å². The van der Waals surface area contributed by atoms with Crippen molar-refractivity contribution >= 4 is 5.96 Å². The highest BCUT2D eigenvalue weighted by Gasteiger charge is 2.47. The van der Waals surface area contributed by atoms with Crippen LogP contribution < -0.4 is 21.1 Å². The maximum absolute atomic E-state index is 12.3. The van der Waals surface area contributed by atoms with Crippen molar-refractivity contribution < 1.29 is 33.2 Å². The molecule has 6 N–H and O–H groups in total. The number of aliphatic hydroxyl groups is 2. The van der Waals surface area contributed by atoms with Crippen molar-refractivity contribution in [1.82, 2.24) is 15.5 Å². The molecule has 164 valence electrons. The van der Waals surface area contributed by atoms with E-state index in [-0.39, 0.29) is 18.3 Å². The highest BCUT2D eigenvalue weighted by Crippen LogP contribution is 2.31. The summed E-state index contributed by atoms with van der Waals surface area (Å²) < 4.78 is 40.4. The van der Waals surface area contributed by atoms with Gasteiger partial charge < -0.3 is 45.7 Å². The fraction of sp³-hybridized carbons (Fsp3) is 0.500. The summed E-state index contributed by atoms with van der Waals surface area (Å²) in [4.78, 5) is 5.95. The summed E-state index contributed by atoms with van der Waals surface area (Å²) in [7, 11) is 0. The Hall–Kier alpha value is -2.67. The summed E-state index contributed by atoms with van der Waals surface area (Å²) in [6, 6.07) is 6.08. The van der Waals surface area contributed by atoms with Gasteiger partial charge in [-0.1, -0.05) is 12.1 Å². The van der Waals surface area contributed by atoms with E-state index in [0.29, 0.717) is 18.2 Å². The molecule has 3 aliphatic rings. The summed E-state index contributed by atoms with van der Waals surface area (Å²) in [6.07, 6.45) is -4.13. The maximum atomic E-state index is 12.3. The molecule has 1 unspecified atom stereocenters. The van der Waals surface area contributed by atoms with E-state index in [9.17, 15) is 19.0 Å². The summed E-state index contributed by atoms with van der Waals surface area (Å²) in [5.74, 6) is 0.718. The molecule has 3 aliphatic heterocycles. The lowest BCUT2D eigenvalue weighted by Gasteiger charge is -2.31. The van der Waals surface area contributed by atoms with Gasteiger partial charge in [0.25, 0.3) is 0 Å². The van der Waals surface area contributed by atoms with E-state index in [4.69, 9.17) is 15.2 Å². The second-order valence-corrected chi connectivity index (χ2v) is 7.11. The van der Waals surface area contributed by atoms with Crippen LogP contribution in [0.5, 0.6) is 5.75 Å². The summed E-state index contributed by atoms with van der Waals surface area (Å²) in [5, 5.41) is 26.4. The SMILES string of the molecule is C[C@H]1O[C@@H](N2CNC3=C2NC(N)=NC3OCc2ccc(OC(F)F)cc2)[C@H](O)[C@@H]1O. The van der Waals surface area contributed by atoms with E-state index in [1.807, 2.05) is 0 Å². The van der Waals surface area contributed by atoms with Crippen molar-refractivity contribution in [3.63, 3.8) is 0 Å². The molecule has 1 aromatic carbocycles. The Balaban J connectivity index is 1.44. The lowest BCUT2D eigenvalue weighted by Crippen LogP contribution is -2.49. The van der Waals surface area contributed by atoms with Crippen LogP contribution >= 0.6 is 0 Å². The third-order valence-corrected chi connectivity index (χ3v) is 5.07. The van der Waals surface area contributed by atoms with Crippen LogP contribution in [0.1, 0.15) is 12.5 Å². The second kappa shape index (κ2) is 8.22. The van der Waals surface area contributed by atoms with Gasteiger partial charge in [-0.3, -0.25) is 0 Å². The van der Waals surface area contributed by atoms with Crippen LogP contribution in [0.4, 0.5) is 8.78 Å². The number of ether oxygens (including phenoxy) is 3. The van der Waals surface area contributed by atoms with Gasteiger partial charge >= 0.3 is 6.61 Å². The molecule has 0 spiro atoms. The largest absolute Gasteiger partial charge is 0.435 e. The molecule has 0 radical (unpaired) electrons. The maximum Gasteiger partial charge on any atom is 0.387 e. The Labute approximate surface area is 170 Å². The van der Waals surface area contributed by atoms with Crippen molar-refractivity contribution in [1.29, 1.82) is 0 Å². The first-order valence-corrected chi connectivity index (χ1v) is 9.35. The Morgan fingerprint density at radius 2 is 2.03 bits per heavy atom. The van der Waals surface area contributed by atoms with Gasteiger partial charge in [-0.05, 0) is 24.6 Å². The van der Waals surface area contributed by atoms with Gasteiger partial charge in [0.2, 0.25) is 0 Å². The first-order valence-electron chi connectivity index (χ1n) is 9.35. The summed E-state index contributed by atoms with van der Waals surface area (Å²) in [6.45, 7) is -0.762. The van der Waals surface area contributed by atoms with Crippen molar-refractivity contribution in [3.8, 4) is 5.75 Å². The number of aliphatic hydroxyl groups excluding tert-OH is 2. The van der Waals surface area contributed by atoms with Crippen molar-refractivity contribution in [2.24, 2.45) is 10.7 Å². The normalized spacial score (nSPS) is 30.8. The minimum absolute atomic E-state index is 0.0579. The number of rotatable bonds is 6. The average molecular weight is 427 g/mol. The molecular formula is C18H23F2N5O5. The average Bonchev–Trinajstić information content (AvgIpc) is 3.23. The Morgan fingerprint density at radius 1 is 1.30 bits per heavy atom. The van der Waals surface area contributed by atoms with Gasteiger partial charge in [0.05, 0.1) is 19.4 Å². The monoisotopic (exact) mass is 427 g/mol. The van der Waals surface area contributed by atoms with E-state index in [0.717, 1.165) is 5.56 Å². The number of benzene rings is 1. The van der Waals surface area contributed by atoms with E-state index in [1.165, 1.54) is 12.1 Å². The minimum Gasteiger partial charge on any atom is -0.435 e. The molecule has 0 bridgehead atoms. The molecule has 4 rings (SSSR count). The molecule has 1 aromatic rings. The number of guanidine groups is 1. The van der Waals surface area contributed by atoms with Gasteiger partial charge in [-0.25, -0.2) is 4.99 Å². The number of alkyl halides is 2. The van der Waals surface area contributed by atoms with E-state index in [1.54, 1.807) is 24.0 Å². The molecule has 0 amide bonds. The highest BCUT2D eigenvalue weighted by molar-refractivity contribution is 5.81. The Kier molecular flexibility index (Phi) is 5.64. The number of nitrogens with zero attached hydrogens (tertiary/aromatic N) is 2. The highest BCUT2D eigenvalue weighted by atomic mass is 19.3.